The van der Waals surface area contributed by atoms with E-state index in [1.807, 2.05) is 13.8 Å². The van der Waals surface area contributed by atoms with Crippen LogP contribution in [-0.2, 0) is 6.42 Å². The summed E-state index contributed by atoms with van der Waals surface area (Å²) in [5.41, 5.74) is 12.3. The monoisotopic (exact) mass is 289 g/mol. The Kier molecular flexibility index (Phi) is 7.45. The van der Waals surface area contributed by atoms with E-state index in [4.69, 9.17) is 5.73 Å². The molecule has 2 atom stereocenters. The molecule has 1 heteroatoms. The molecule has 1 aromatic carbocycles. The van der Waals surface area contributed by atoms with Crippen LogP contribution < -0.4 is 5.73 Å². The van der Waals surface area contributed by atoms with Gasteiger partial charge in [-0.05, 0) is 55.2 Å². The predicted molar refractivity (Wildman–Crippen MR) is 95.0 cm³/mol. The van der Waals surface area contributed by atoms with E-state index >= 15 is 0 Å². The average Bonchev–Trinajstić information content (AvgIpc) is 2.73. The first kappa shape index (κ1) is 18.2. The highest BCUT2D eigenvalue weighted by Crippen LogP contribution is 2.38. The summed E-state index contributed by atoms with van der Waals surface area (Å²) in [6, 6.07) is 5.00. The quantitative estimate of drug-likeness (QED) is 0.710. The lowest BCUT2D eigenvalue weighted by Gasteiger charge is -2.19. The number of nitrogens with two attached hydrogens (primary N) is 1. The maximum atomic E-state index is 6.39. The first-order valence-corrected chi connectivity index (χ1v) is 8.84. The highest BCUT2D eigenvalue weighted by molar-refractivity contribution is 5.45. The van der Waals surface area contributed by atoms with Gasteiger partial charge in [0.2, 0.25) is 0 Å². The number of unbranched alkanes of at least 4 members (excludes halogenated alkanes) is 1. The summed E-state index contributed by atoms with van der Waals surface area (Å²) in [5.74, 6) is 1.43. The third-order valence-corrected chi connectivity index (χ3v) is 4.51. The SMILES string of the molecule is CC.Cc1cc(C)c2c(c1)CC(N)C2CCCCC(C)C. The molecular weight excluding hydrogens is 254 g/mol. The summed E-state index contributed by atoms with van der Waals surface area (Å²) < 4.78 is 0. The van der Waals surface area contributed by atoms with Crippen LogP contribution in [0.25, 0.3) is 0 Å². The Morgan fingerprint density at radius 2 is 1.81 bits per heavy atom. The van der Waals surface area contributed by atoms with Crippen molar-refractivity contribution in [2.24, 2.45) is 11.7 Å². The van der Waals surface area contributed by atoms with E-state index in [1.54, 1.807) is 5.56 Å². The highest BCUT2D eigenvalue weighted by Gasteiger charge is 2.30. The Labute approximate surface area is 132 Å². The van der Waals surface area contributed by atoms with Crippen molar-refractivity contribution < 1.29 is 0 Å². The summed E-state index contributed by atoms with van der Waals surface area (Å²) in [6.07, 6.45) is 6.36. The second kappa shape index (κ2) is 8.58. The number of rotatable bonds is 5. The van der Waals surface area contributed by atoms with Crippen molar-refractivity contribution in [1.82, 2.24) is 0 Å². The number of aryl methyl sites for hydroxylation is 2. The summed E-state index contributed by atoms with van der Waals surface area (Å²) >= 11 is 0. The van der Waals surface area contributed by atoms with Crippen LogP contribution in [0.5, 0.6) is 0 Å². The third kappa shape index (κ3) is 4.85. The van der Waals surface area contributed by atoms with Gasteiger partial charge in [-0.3, -0.25) is 0 Å². The summed E-state index contributed by atoms with van der Waals surface area (Å²) in [7, 11) is 0. The van der Waals surface area contributed by atoms with E-state index < -0.39 is 0 Å². The first-order chi connectivity index (χ1) is 9.99. The van der Waals surface area contributed by atoms with Crippen LogP contribution in [0, 0.1) is 19.8 Å². The second-order valence-electron chi connectivity index (χ2n) is 6.81. The smallest absolute Gasteiger partial charge is 0.0149 e. The third-order valence-electron chi connectivity index (χ3n) is 4.51. The van der Waals surface area contributed by atoms with Gasteiger partial charge in [0.05, 0.1) is 0 Å². The van der Waals surface area contributed by atoms with Gasteiger partial charge >= 0.3 is 0 Å². The number of hydrogen-bond donors (Lipinski definition) is 1. The largest absolute Gasteiger partial charge is 0.327 e. The molecule has 0 amide bonds. The first-order valence-electron chi connectivity index (χ1n) is 8.84. The Morgan fingerprint density at radius 3 is 2.43 bits per heavy atom. The molecule has 0 fully saturated rings. The molecule has 0 saturated carbocycles. The Bertz CT molecular complexity index is 434. The maximum absolute atomic E-state index is 6.39. The Morgan fingerprint density at radius 1 is 1.14 bits per heavy atom. The molecule has 0 spiro atoms. The van der Waals surface area contributed by atoms with E-state index in [9.17, 15) is 0 Å². The second-order valence-corrected chi connectivity index (χ2v) is 6.81. The number of hydrogen-bond acceptors (Lipinski definition) is 1. The van der Waals surface area contributed by atoms with Gasteiger partial charge in [0, 0.05) is 6.04 Å². The lowest BCUT2D eigenvalue weighted by molar-refractivity contribution is 0.472. The Hall–Kier alpha value is -0.820. The fraction of sp³-hybridized carbons (Fsp3) is 0.700. The maximum Gasteiger partial charge on any atom is 0.0149 e. The van der Waals surface area contributed by atoms with E-state index in [0.29, 0.717) is 12.0 Å². The molecule has 2 rings (SSSR count). The standard InChI is InChI=1S/C18H29N.C2H6/c1-12(2)7-5-6-8-16-17(19)11-15-10-13(3)9-14(4)18(15)16;1-2/h9-10,12,16-17H,5-8,11,19H2,1-4H3;1-2H3. The summed E-state index contributed by atoms with van der Waals surface area (Å²) in [5, 5.41) is 0. The number of fused-ring (bicyclic) bond motifs is 1. The van der Waals surface area contributed by atoms with Crippen LogP contribution in [0.4, 0.5) is 0 Å². The number of benzene rings is 1. The van der Waals surface area contributed by atoms with Crippen molar-refractivity contribution in [3.63, 3.8) is 0 Å². The fourth-order valence-corrected chi connectivity index (χ4v) is 3.65. The van der Waals surface area contributed by atoms with Gasteiger partial charge in [0.15, 0.2) is 0 Å². The molecular formula is C20H35N. The zero-order valence-electron chi connectivity index (χ0n) is 15.0. The van der Waals surface area contributed by atoms with E-state index in [1.165, 1.54) is 42.4 Å². The molecule has 0 aromatic heterocycles. The highest BCUT2D eigenvalue weighted by atomic mass is 14.7. The van der Waals surface area contributed by atoms with Gasteiger partial charge in [0.1, 0.15) is 0 Å². The molecule has 0 heterocycles. The normalized spacial score (nSPS) is 20.2. The van der Waals surface area contributed by atoms with E-state index in [2.05, 4.69) is 39.8 Å². The van der Waals surface area contributed by atoms with Gasteiger partial charge in [-0.25, -0.2) is 0 Å². The Balaban J connectivity index is 0.00000106. The summed E-state index contributed by atoms with van der Waals surface area (Å²) in [6.45, 7) is 13.1. The zero-order valence-corrected chi connectivity index (χ0v) is 15.0. The molecule has 0 aliphatic heterocycles. The van der Waals surface area contributed by atoms with Crippen LogP contribution in [0.1, 0.15) is 81.5 Å². The minimum absolute atomic E-state index is 0.342. The van der Waals surface area contributed by atoms with Crippen LogP contribution in [0.2, 0.25) is 0 Å². The van der Waals surface area contributed by atoms with Crippen LogP contribution in [0.15, 0.2) is 12.1 Å². The van der Waals surface area contributed by atoms with Crippen molar-refractivity contribution in [3.8, 4) is 0 Å². The van der Waals surface area contributed by atoms with Crippen LogP contribution in [-0.4, -0.2) is 6.04 Å². The minimum Gasteiger partial charge on any atom is -0.327 e. The molecule has 120 valence electrons. The van der Waals surface area contributed by atoms with Gasteiger partial charge in [-0.1, -0.05) is 64.7 Å². The molecule has 0 saturated heterocycles. The van der Waals surface area contributed by atoms with Gasteiger partial charge in [0.25, 0.3) is 0 Å². The van der Waals surface area contributed by atoms with Gasteiger partial charge < -0.3 is 5.73 Å². The van der Waals surface area contributed by atoms with E-state index in [0.717, 1.165) is 12.3 Å². The van der Waals surface area contributed by atoms with Crippen molar-refractivity contribution in [2.45, 2.75) is 85.6 Å². The molecule has 1 aromatic rings. The van der Waals surface area contributed by atoms with Crippen molar-refractivity contribution in [2.75, 3.05) is 0 Å². The van der Waals surface area contributed by atoms with Crippen LogP contribution >= 0.6 is 0 Å². The lowest BCUT2D eigenvalue weighted by atomic mass is 9.89. The predicted octanol–water partition coefficient (Wildman–Crippen LogP) is 5.51. The van der Waals surface area contributed by atoms with Crippen molar-refractivity contribution >= 4 is 0 Å². The van der Waals surface area contributed by atoms with Crippen LogP contribution in [0.3, 0.4) is 0 Å². The molecule has 0 bridgehead atoms. The molecule has 0 radical (unpaired) electrons. The molecule has 21 heavy (non-hydrogen) atoms. The molecule has 1 aliphatic carbocycles. The molecule has 2 unspecified atom stereocenters. The topological polar surface area (TPSA) is 26.0 Å². The lowest BCUT2D eigenvalue weighted by Crippen LogP contribution is -2.25. The van der Waals surface area contributed by atoms with Gasteiger partial charge in [-0.15, -0.1) is 0 Å². The minimum atomic E-state index is 0.342. The fourth-order valence-electron chi connectivity index (χ4n) is 3.65. The molecule has 1 nitrogen and oxygen atoms in total. The average molecular weight is 290 g/mol. The van der Waals surface area contributed by atoms with Gasteiger partial charge in [-0.2, -0.15) is 0 Å². The van der Waals surface area contributed by atoms with Crippen molar-refractivity contribution in [3.05, 3.63) is 34.4 Å². The summed E-state index contributed by atoms with van der Waals surface area (Å²) in [4.78, 5) is 0. The zero-order chi connectivity index (χ0) is 16.0. The molecule has 2 N–H and O–H groups in total. The van der Waals surface area contributed by atoms with E-state index in [-0.39, 0.29) is 0 Å². The van der Waals surface area contributed by atoms with Crippen molar-refractivity contribution in [1.29, 1.82) is 0 Å². The molecule has 1 aliphatic rings.